The van der Waals surface area contributed by atoms with Crippen LogP contribution in [-0.4, -0.2) is 274 Å². The van der Waals surface area contributed by atoms with Crippen molar-refractivity contribution in [2.45, 2.75) is 20.3 Å². The molecule has 0 spiro atoms. The van der Waals surface area contributed by atoms with E-state index in [9.17, 15) is 68.1 Å². The molecule has 0 bridgehead atoms. The van der Waals surface area contributed by atoms with Crippen molar-refractivity contribution in [2.24, 2.45) is 0 Å². The molecule has 0 aliphatic rings. The van der Waals surface area contributed by atoms with Crippen LogP contribution in [0.5, 0.6) is 0 Å². The number of isocyanates is 1. The zero-order valence-electron chi connectivity index (χ0n) is 40.0. The summed E-state index contributed by atoms with van der Waals surface area (Å²) >= 11 is 0. The normalized spacial score (nSPS) is 10.7. The molecule has 0 fully saturated rings. The summed E-state index contributed by atoms with van der Waals surface area (Å²) in [4.78, 5) is 140. The lowest BCUT2D eigenvalue weighted by Gasteiger charge is -2.27. The van der Waals surface area contributed by atoms with E-state index in [4.69, 9.17) is 19.6 Å². The Bertz CT molecular complexity index is 1690. The Labute approximate surface area is 409 Å². The second-order valence-electron chi connectivity index (χ2n) is 14.8. The molecular weight excluding hydrogens is 956 g/mol. The highest BCUT2D eigenvalue weighted by atomic mass is 17.2. The van der Waals surface area contributed by atoms with Crippen LogP contribution in [0.3, 0.4) is 0 Å². The van der Waals surface area contributed by atoms with Gasteiger partial charge >= 0.3 is 35.9 Å². The molecular formula is C41H67N8O22+. The van der Waals surface area contributed by atoms with E-state index in [2.05, 4.69) is 37.4 Å². The van der Waals surface area contributed by atoms with Gasteiger partial charge in [-0.25, -0.2) is 19.6 Å². The minimum Gasteiger partial charge on any atom is -0.480 e. The molecule has 0 aliphatic carbocycles. The van der Waals surface area contributed by atoms with E-state index >= 15 is 0 Å². The number of rotatable bonds is 47. The Kier molecular flexibility index (Phi) is 40.4. The summed E-state index contributed by atoms with van der Waals surface area (Å²) in [6.07, 6.45) is 2.17. The SMILES string of the molecule is C=C(C)COOCCOC(=O)CN(CCN(CCN(COC=O)COC=O)CC(=O)O)CC(=O)O.C=C(C)[N+](=C=O)CCCNC(=O)CN(CCN(CCN(COC=O)COC=O)CC(=O)O)CC(=O)O. The number of allylic oxidation sites excluding steroid dienone is 1. The lowest BCUT2D eigenvalue weighted by molar-refractivity contribution is -0.473. The fourth-order valence-corrected chi connectivity index (χ4v) is 5.40. The van der Waals surface area contributed by atoms with Crippen molar-refractivity contribution in [2.75, 3.05) is 151 Å². The fourth-order valence-electron chi connectivity index (χ4n) is 5.40. The molecule has 5 N–H and O–H groups in total. The summed E-state index contributed by atoms with van der Waals surface area (Å²) in [7, 11) is 0. The van der Waals surface area contributed by atoms with E-state index in [0.29, 0.717) is 18.7 Å². The van der Waals surface area contributed by atoms with Crippen LogP contribution >= 0.6 is 0 Å². The van der Waals surface area contributed by atoms with Gasteiger partial charge < -0.3 is 49.4 Å². The molecule has 0 heterocycles. The average Bonchev–Trinajstić information content (AvgIpc) is 3.29. The van der Waals surface area contributed by atoms with Gasteiger partial charge in [0.1, 0.15) is 46.7 Å². The number of aliphatic carboxylic acids is 4. The average molecular weight is 1020 g/mol. The van der Waals surface area contributed by atoms with Crippen molar-refractivity contribution in [3.8, 4) is 0 Å². The molecule has 0 saturated heterocycles. The van der Waals surface area contributed by atoms with Crippen molar-refractivity contribution < 1.29 is 111 Å². The molecule has 0 atom stereocenters. The second-order valence-corrected chi connectivity index (χ2v) is 14.8. The Balaban J connectivity index is 0. The third-order valence-electron chi connectivity index (χ3n) is 8.66. The zero-order chi connectivity index (χ0) is 53.8. The maximum Gasteiger partial charge on any atom is 0.430 e. The van der Waals surface area contributed by atoms with Crippen LogP contribution in [0.4, 0.5) is 0 Å². The number of nitrogens with one attached hydrogen (secondary N) is 1. The highest BCUT2D eigenvalue weighted by Crippen LogP contribution is 2.01. The van der Waals surface area contributed by atoms with E-state index in [1.807, 2.05) is 0 Å². The number of hydrogen-bond donors (Lipinski definition) is 5. The van der Waals surface area contributed by atoms with Crippen LogP contribution in [0.1, 0.15) is 20.3 Å². The molecule has 402 valence electrons. The molecule has 0 radical (unpaired) electrons. The number of carboxylic acids is 4. The molecule has 0 aromatic heterocycles. The number of carbonyl (C=O) groups excluding carboxylic acids is 7. The largest absolute Gasteiger partial charge is 0.480 e. The Morgan fingerprint density at radius 2 is 0.930 bits per heavy atom. The molecule has 0 saturated carbocycles. The lowest BCUT2D eigenvalue weighted by Crippen LogP contribution is -2.46. The number of carbonyl (C=O) groups is 10. The Hall–Kier alpha value is -6.76. The van der Waals surface area contributed by atoms with Crippen LogP contribution in [0, 0.1) is 0 Å². The molecule has 0 aromatic rings. The van der Waals surface area contributed by atoms with E-state index in [1.165, 1.54) is 34.0 Å². The molecule has 30 nitrogen and oxygen atoms in total. The maximum absolute atomic E-state index is 12.3. The van der Waals surface area contributed by atoms with Gasteiger partial charge in [-0.1, -0.05) is 12.2 Å². The van der Waals surface area contributed by atoms with E-state index < -0.39 is 48.8 Å². The molecule has 1 amide bonds. The summed E-state index contributed by atoms with van der Waals surface area (Å²) in [5.74, 6) is -5.70. The molecule has 0 aromatic carbocycles. The maximum atomic E-state index is 12.3. The van der Waals surface area contributed by atoms with Crippen LogP contribution < -0.4 is 5.32 Å². The summed E-state index contributed by atoms with van der Waals surface area (Å²) in [6.45, 7) is 10.2. The first kappa shape index (κ1) is 66.3. The number of esters is 1. The van der Waals surface area contributed by atoms with Gasteiger partial charge in [-0.15, -0.1) is 4.58 Å². The molecule has 0 aliphatic heterocycles. The fraction of sp³-hybridized carbons (Fsp3) is 0.634. The topological polar surface area (TPSA) is 368 Å². The van der Waals surface area contributed by atoms with Gasteiger partial charge in [0.15, 0.2) is 12.2 Å². The first-order valence-electron chi connectivity index (χ1n) is 21.3. The van der Waals surface area contributed by atoms with Gasteiger partial charge in [-0.3, -0.25) is 67.5 Å². The summed E-state index contributed by atoms with van der Waals surface area (Å²) in [5, 5.41) is 39.3. The van der Waals surface area contributed by atoms with Crippen LogP contribution in [0.25, 0.3) is 0 Å². The van der Waals surface area contributed by atoms with Gasteiger partial charge in [0, 0.05) is 72.2 Å². The summed E-state index contributed by atoms with van der Waals surface area (Å²) in [5.41, 5.74) is 1.27. The summed E-state index contributed by atoms with van der Waals surface area (Å²) < 4.78 is 24.8. The standard InChI is InChI=1S/C21H33N5O10.C20H33N3O12/c1-18(2)26(13-27)5-3-4-22-19(30)10-24(12-21(33)34)8-6-23(11-20(31)32)7-9-25(14-35-16-28)15-36-17-29;1-17(2)12-35-34-8-7-33-20(30)11-22(10-19(28)29)5-3-21(9-18(26)27)4-6-23(13-31-15-24)14-32-16-25/h16-17H,1,3-12,14-15H2,2H3,(H2-,22,30,31,32,33,34);15-16H,1,3-14H2,2H3,(H,26,27)(H,28,29)/p+1. The van der Waals surface area contributed by atoms with E-state index in [-0.39, 0.29) is 158 Å². The van der Waals surface area contributed by atoms with Gasteiger partial charge in [0.05, 0.1) is 39.3 Å². The minimum atomic E-state index is -1.18. The highest BCUT2D eigenvalue weighted by molar-refractivity contribution is 5.79. The number of nitrogens with zero attached hydrogens (tertiary/aromatic N) is 7. The van der Waals surface area contributed by atoms with Gasteiger partial charge in [-0.2, -0.15) is 4.79 Å². The zero-order valence-corrected chi connectivity index (χ0v) is 40.0. The quantitative estimate of drug-likeness (QED) is 0.00332. The highest BCUT2D eigenvalue weighted by Gasteiger charge is 2.21. The van der Waals surface area contributed by atoms with Gasteiger partial charge in [0.25, 0.3) is 25.9 Å². The van der Waals surface area contributed by atoms with Crippen molar-refractivity contribution in [3.05, 3.63) is 24.4 Å². The first-order valence-corrected chi connectivity index (χ1v) is 21.3. The third kappa shape index (κ3) is 41.9. The molecule has 0 rings (SSSR count). The Morgan fingerprint density at radius 1 is 0.549 bits per heavy atom. The molecule has 0 unspecified atom stereocenters. The van der Waals surface area contributed by atoms with Gasteiger partial charge in [-0.05, 0) is 13.5 Å². The second kappa shape index (κ2) is 43.3. The molecule has 30 heteroatoms. The molecule has 71 heavy (non-hydrogen) atoms. The van der Waals surface area contributed by atoms with Gasteiger partial charge in [0.2, 0.25) is 5.91 Å². The van der Waals surface area contributed by atoms with Crippen molar-refractivity contribution in [1.29, 1.82) is 0 Å². The smallest absolute Gasteiger partial charge is 0.430 e. The predicted molar refractivity (Wildman–Crippen MR) is 239 cm³/mol. The van der Waals surface area contributed by atoms with Crippen LogP contribution in [-0.2, 0) is 86.2 Å². The van der Waals surface area contributed by atoms with E-state index in [1.54, 1.807) is 19.9 Å². The number of ether oxygens (including phenoxy) is 5. The van der Waals surface area contributed by atoms with Crippen molar-refractivity contribution >= 4 is 67.7 Å². The van der Waals surface area contributed by atoms with Crippen molar-refractivity contribution in [1.82, 2.24) is 34.7 Å². The van der Waals surface area contributed by atoms with Crippen LogP contribution in [0.15, 0.2) is 24.4 Å². The predicted octanol–water partition coefficient (Wildman–Crippen LogP) is -3.90. The Morgan fingerprint density at radius 3 is 1.30 bits per heavy atom. The monoisotopic (exact) mass is 1020 g/mol. The summed E-state index contributed by atoms with van der Waals surface area (Å²) in [6, 6.07) is 0. The lowest BCUT2D eigenvalue weighted by atomic mass is 10.3. The van der Waals surface area contributed by atoms with Crippen LogP contribution in [0.2, 0.25) is 0 Å². The number of carboxylic acid groups (broad SMARTS) is 4. The first-order chi connectivity index (χ1) is 33.8. The minimum absolute atomic E-state index is 0.0253. The third-order valence-corrected chi connectivity index (χ3v) is 8.66. The van der Waals surface area contributed by atoms with E-state index in [0.717, 1.165) is 5.57 Å². The van der Waals surface area contributed by atoms with Crippen molar-refractivity contribution in [3.63, 3.8) is 0 Å². The number of hydrogen-bond acceptors (Lipinski definition) is 24. The number of amides is 1.